The van der Waals surface area contributed by atoms with Crippen molar-refractivity contribution in [3.05, 3.63) is 36.4 Å². The van der Waals surface area contributed by atoms with E-state index in [1.165, 1.54) is 13.9 Å². The Labute approximate surface area is 142 Å². The summed E-state index contributed by atoms with van der Waals surface area (Å²) < 4.78 is 20.0. The first-order chi connectivity index (χ1) is 10.7. The molecular formula is C15H15O3PS3. The Bertz CT molecular complexity index is 646. The summed E-state index contributed by atoms with van der Waals surface area (Å²) in [6.07, 6.45) is 0. The van der Waals surface area contributed by atoms with Crippen LogP contribution in [0.15, 0.2) is 36.4 Å². The molecule has 0 saturated heterocycles. The highest BCUT2D eigenvalue weighted by Crippen LogP contribution is 2.43. The van der Waals surface area contributed by atoms with Crippen molar-refractivity contribution < 1.29 is 14.2 Å². The van der Waals surface area contributed by atoms with Gasteiger partial charge in [0, 0.05) is 21.8 Å². The first-order valence-corrected chi connectivity index (χ1v) is 10.3. The molecule has 7 heteroatoms. The minimum absolute atomic E-state index is 0.585. The third-order valence-corrected chi connectivity index (χ3v) is 9.75. The highest BCUT2D eigenvalue weighted by molar-refractivity contribution is 7.91. The molecule has 0 unspecified atom stereocenters. The quantitative estimate of drug-likeness (QED) is 0.620. The van der Waals surface area contributed by atoms with Gasteiger partial charge in [0.15, 0.2) is 15.2 Å². The van der Waals surface area contributed by atoms with Gasteiger partial charge in [0.2, 0.25) is 0 Å². The van der Waals surface area contributed by atoms with E-state index in [9.17, 15) is 0 Å². The summed E-state index contributed by atoms with van der Waals surface area (Å²) in [5.41, 5.74) is 0. The summed E-state index contributed by atoms with van der Waals surface area (Å²) >= 11 is 5.11. The zero-order valence-corrected chi connectivity index (χ0v) is 15.7. The molecule has 0 aliphatic rings. The zero-order valence-electron chi connectivity index (χ0n) is 12.4. The molecule has 0 atom stereocenters. The molecule has 0 spiro atoms. The number of thiophene rings is 3. The molecule has 3 rings (SSSR count). The van der Waals surface area contributed by atoms with Crippen molar-refractivity contribution in [3.8, 4) is 15.2 Å². The predicted molar refractivity (Wildman–Crippen MR) is 98.4 cm³/mol. The van der Waals surface area contributed by atoms with Gasteiger partial charge in [0.25, 0.3) is 0 Å². The van der Waals surface area contributed by atoms with Crippen LogP contribution in [0.25, 0.3) is 0 Å². The Morgan fingerprint density at radius 3 is 1.14 bits per heavy atom. The lowest BCUT2D eigenvalue weighted by molar-refractivity contribution is 0.427. The number of ether oxygens (including phenoxy) is 3. The lowest BCUT2D eigenvalue weighted by Crippen LogP contribution is -2.13. The van der Waals surface area contributed by atoms with Gasteiger partial charge in [-0.1, -0.05) is 34.0 Å². The van der Waals surface area contributed by atoms with Gasteiger partial charge in [-0.2, -0.15) is 0 Å². The summed E-state index contributed by atoms with van der Waals surface area (Å²) in [7, 11) is 4.54. The highest BCUT2D eigenvalue weighted by atomic mass is 32.1. The first kappa shape index (κ1) is 15.8. The van der Waals surface area contributed by atoms with E-state index in [-0.39, 0.29) is 0 Å². The highest BCUT2D eigenvalue weighted by Gasteiger charge is 2.23. The molecule has 3 nitrogen and oxygen atoms in total. The van der Waals surface area contributed by atoms with Crippen LogP contribution in [-0.2, 0) is 0 Å². The van der Waals surface area contributed by atoms with E-state index in [1.807, 2.05) is 18.2 Å². The van der Waals surface area contributed by atoms with Crippen molar-refractivity contribution in [2.24, 2.45) is 0 Å². The molecule has 0 saturated carbocycles. The maximum absolute atomic E-state index is 5.36. The van der Waals surface area contributed by atoms with E-state index >= 15 is 0 Å². The Morgan fingerprint density at radius 2 is 0.909 bits per heavy atom. The topological polar surface area (TPSA) is 27.7 Å². The van der Waals surface area contributed by atoms with E-state index in [4.69, 9.17) is 14.2 Å². The summed E-state index contributed by atoms with van der Waals surface area (Å²) in [5.74, 6) is 0. The Morgan fingerprint density at radius 1 is 0.591 bits per heavy atom. The average molecular weight is 370 g/mol. The van der Waals surface area contributed by atoms with Gasteiger partial charge in [-0.25, -0.2) is 0 Å². The van der Waals surface area contributed by atoms with Crippen LogP contribution >= 0.6 is 41.9 Å². The van der Waals surface area contributed by atoms with Gasteiger partial charge in [0.1, 0.15) is 0 Å². The molecular weight excluding hydrogens is 355 g/mol. The Kier molecular flexibility index (Phi) is 5.03. The van der Waals surface area contributed by atoms with E-state index in [2.05, 4.69) is 18.2 Å². The molecule has 3 heterocycles. The predicted octanol–water partition coefficient (Wildman–Crippen LogP) is 3.66. The molecule has 0 N–H and O–H groups in total. The molecule has 0 radical (unpaired) electrons. The zero-order chi connectivity index (χ0) is 15.5. The van der Waals surface area contributed by atoms with Crippen LogP contribution in [0.1, 0.15) is 0 Å². The second-order valence-corrected chi connectivity index (χ2v) is 10.4. The number of hydrogen-bond donors (Lipinski definition) is 0. The van der Waals surface area contributed by atoms with E-state index in [0.29, 0.717) is 0 Å². The molecule has 116 valence electrons. The van der Waals surface area contributed by atoms with E-state index in [1.54, 1.807) is 55.3 Å². The summed E-state index contributed by atoms with van der Waals surface area (Å²) in [5, 5.41) is 2.82. The van der Waals surface area contributed by atoms with Crippen LogP contribution in [-0.4, -0.2) is 21.3 Å². The molecule has 0 fully saturated rings. The Balaban J connectivity index is 2.04. The lowest BCUT2D eigenvalue weighted by atomic mass is 10.6. The van der Waals surface area contributed by atoms with Gasteiger partial charge in [-0.3, -0.25) is 0 Å². The molecule has 0 aromatic carbocycles. The fourth-order valence-electron chi connectivity index (χ4n) is 1.95. The summed E-state index contributed by atoms with van der Waals surface area (Å²) in [6.45, 7) is 0. The number of methoxy groups -OCH3 is 3. The molecule has 0 bridgehead atoms. The third-order valence-electron chi connectivity index (χ3n) is 2.97. The standard InChI is InChI=1S/C15H15O3PS3/c1-16-10-4-7-13(20-10)19(14-8-5-11(17-2)21-14)15-9-6-12(18-3)22-15/h4-9H,1-3H3. The monoisotopic (exact) mass is 370 g/mol. The van der Waals surface area contributed by atoms with Crippen LogP contribution in [0.2, 0.25) is 0 Å². The maximum atomic E-state index is 5.36. The molecule has 3 aromatic heterocycles. The molecule has 3 aromatic rings. The SMILES string of the molecule is COc1ccc(P(c2ccc(OC)s2)c2ccc(OC)s2)s1. The minimum Gasteiger partial charge on any atom is -0.487 e. The van der Waals surface area contributed by atoms with Crippen molar-refractivity contribution in [1.82, 2.24) is 0 Å². The number of hydrogen-bond acceptors (Lipinski definition) is 6. The van der Waals surface area contributed by atoms with Crippen molar-refractivity contribution >= 4 is 55.8 Å². The number of rotatable bonds is 6. The van der Waals surface area contributed by atoms with Gasteiger partial charge in [-0.15, -0.1) is 0 Å². The van der Waals surface area contributed by atoms with Gasteiger partial charge >= 0.3 is 0 Å². The first-order valence-electron chi connectivity index (χ1n) is 6.46. The Hall–Kier alpha value is -1.07. The molecule has 0 amide bonds. The van der Waals surface area contributed by atoms with Crippen molar-refractivity contribution in [1.29, 1.82) is 0 Å². The normalized spacial score (nSPS) is 10.9. The minimum atomic E-state index is -0.585. The average Bonchev–Trinajstić information content (AvgIpc) is 3.28. The molecule has 0 aliphatic carbocycles. The smallest absolute Gasteiger partial charge is 0.173 e. The van der Waals surface area contributed by atoms with Crippen LogP contribution in [0.3, 0.4) is 0 Å². The fraction of sp³-hybridized carbons (Fsp3) is 0.200. The van der Waals surface area contributed by atoms with Crippen molar-refractivity contribution in [2.45, 2.75) is 0 Å². The van der Waals surface area contributed by atoms with Gasteiger partial charge in [-0.05, 0) is 36.4 Å². The van der Waals surface area contributed by atoms with Crippen LogP contribution in [0, 0.1) is 0 Å². The lowest BCUT2D eigenvalue weighted by Gasteiger charge is -2.12. The largest absolute Gasteiger partial charge is 0.487 e. The van der Waals surface area contributed by atoms with Crippen molar-refractivity contribution in [3.63, 3.8) is 0 Å². The maximum Gasteiger partial charge on any atom is 0.173 e. The fourth-order valence-corrected chi connectivity index (χ4v) is 9.15. The summed E-state index contributed by atoms with van der Waals surface area (Å²) in [4.78, 5) is 0. The van der Waals surface area contributed by atoms with Crippen LogP contribution in [0.4, 0.5) is 0 Å². The molecule has 0 aliphatic heterocycles. The van der Waals surface area contributed by atoms with E-state index in [0.717, 1.165) is 15.2 Å². The van der Waals surface area contributed by atoms with Crippen LogP contribution < -0.4 is 28.1 Å². The van der Waals surface area contributed by atoms with E-state index < -0.39 is 7.92 Å². The van der Waals surface area contributed by atoms with Crippen LogP contribution in [0.5, 0.6) is 15.2 Å². The van der Waals surface area contributed by atoms with Gasteiger partial charge < -0.3 is 14.2 Å². The van der Waals surface area contributed by atoms with Crippen molar-refractivity contribution in [2.75, 3.05) is 21.3 Å². The second kappa shape index (κ2) is 7.01. The second-order valence-electron chi connectivity index (χ2n) is 4.23. The molecule has 22 heavy (non-hydrogen) atoms. The summed E-state index contributed by atoms with van der Waals surface area (Å²) in [6, 6.07) is 12.6. The third kappa shape index (κ3) is 3.15. The van der Waals surface area contributed by atoms with Gasteiger partial charge in [0.05, 0.1) is 21.3 Å².